The van der Waals surface area contributed by atoms with Gasteiger partial charge in [0.05, 0.1) is 23.4 Å². The third kappa shape index (κ3) is 4.38. The molecule has 0 aliphatic rings. The van der Waals surface area contributed by atoms with Gasteiger partial charge in [-0.05, 0) is 43.3 Å². The van der Waals surface area contributed by atoms with E-state index in [-0.39, 0.29) is 17.1 Å². The maximum atomic E-state index is 12.7. The fraction of sp³-hybridized carbons (Fsp3) is 0.0625. The summed E-state index contributed by atoms with van der Waals surface area (Å²) in [7, 11) is 0. The van der Waals surface area contributed by atoms with E-state index in [1.807, 2.05) is 0 Å². The number of aromatic nitrogens is 2. The Balaban J connectivity index is 1.95. The third-order valence-corrected chi connectivity index (χ3v) is 4.31. The molecule has 0 atom stereocenters. The number of halogens is 1. The highest BCUT2D eigenvalue weighted by Crippen LogP contribution is 2.31. The van der Waals surface area contributed by atoms with Crippen LogP contribution in [0.5, 0.6) is 5.75 Å². The molecule has 0 amide bonds. The van der Waals surface area contributed by atoms with Gasteiger partial charge in [-0.2, -0.15) is 5.90 Å². The molecule has 1 heterocycles. The predicted molar refractivity (Wildman–Crippen MR) is 101 cm³/mol. The number of rotatable bonds is 6. The molecule has 9 nitrogen and oxygen atoms in total. The molecule has 0 saturated heterocycles. The van der Waals surface area contributed by atoms with Crippen LogP contribution < -0.4 is 11.5 Å². The smallest absolute Gasteiger partial charge is 0.299 e. The predicted octanol–water partition coefficient (Wildman–Crippen LogP) is 4.08. The average molecular weight is 408 g/mol. The molecule has 3 rings (SSSR count). The van der Waals surface area contributed by atoms with Gasteiger partial charge in [-0.1, -0.05) is 17.7 Å². The van der Waals surface area contributed by atoms with Crippen LogP contribution in [0, 0.1) is 6.92 Å². The van der Waals surface area contributed by atoms with Crippen LogP contribution >= 0.6 is 23.6 Å². The summed E-state index contributed by atoms with van der Waals surface area (Å²) in [4.78, 5) is 17.4. The summed E-state index contributed by atoms with van der Waals surface area (Å²) in [5.41, 5.74) is 0.918. The van der Waals surface area contributed by atoms with Crippen LogP contribution in [-0.2, 0) is 9.32 Å². The molecule has 1 aromatic heterocycles. The van der Waals surface area contributed by atoms with E-state index in [0.29, 0.717) is 21.3 Å². The molecule has 0 spiro atoms. The number of aromatic amines is 1. The van der Waals surface area contributed by atoms with Crippen LogP contribution in [0.4, 0.5) is 11.4 Å². The monoisotopic (exact) mass is 407 g/mol. The number of benzene rings is 2. The second-order valence-electron chi connectivity index (χ2n) is 5.30. The lowest BCUT2D eigenvalue weighted by atomic mass is 10.3. The zero-order valence-corrected chi connectivity index (χ0v) is 15.5. The van der Waals surface area contributed by atoms with Crippen molar-refractivity contribution in [2.75, 3.05) is 0 Å². The van der Waals surface area contributed by atoms with E-state index in [4.69, 9.17) is 17.5 Å². The van der Waals surface area contributed by atoms with Crippen LogP contribution in [-0.4, -0.2) is 14.9 Å². The summed E-state index contributed by atoms with van der Waals surface area (Å²) in [5.74, 6) is 4.73. The summed E-state index contributed by atoms with van der Waals surface area (Å²) in [6.07, 6.45) is 0. The Morgan fingerprint density at radius 2 is 2.07 bits per heavy atom. The summed E-state index contributed by atoms with van der Waals surface area (Å²) in [5, 5.41) is 21.0. The van der Waals surface area contributed by atoms with Gasteiger partial charge in [-0.15, -0.1) is 19.6 Å². The van der Waals surface area contributed by atoms with E-state index < -0.39 is 5.56 Å². The van der Waals surface area contributed by atoms with Crippen molar-refractivity contribution in [3.05, 3.63) is 63.5 Å². The third-order valence-electron chi connectivity index (χ3n) is 3.48. The number of azo groups is 1. The zero-order valence-electron chi connectivity index (χ0n) is 13.9. The fourth-order valence-corrected chi connectivity index (χ4v) is 2.84. The maximum Gasteiger partial charge on any atom is 0.299 e. The fourth-order valence-electron chi connectivity index (χ4n) is 2.25. The molecule has 0 saturated carbocycles. The Morgan fingerprint density at radius 3 is 2.85 bits per heavy atom. The number of aromatic hydroxyl groups is 1. The highest BCUT2D eigenvalue weighted by atomic mass is 35.5. The molecule has 4 N–H and O–H groups in total. The van der Waals surface area contributed by atoms with E-state index in [2.05, 4.69) is 24.6 Å². The summed E-state index contributed by atoms with van der Waals surface area (Å²) < 4.78 is 5.92. The summed E-state index contributed by atoms with van der Waals surface area (Å²) >= 11 is 6.78. The molecule has 0 radical (unpaired) electrons. The Bertz CT molecular complexity index is 1050. The Morgan fingerprint density at radius 1 is 1.26 bits per heavy atom. The van der Waals surface area contributed by atoms with Crippen molar-refractivity contribution < 1.29 is 14.4 Å². The molecule has 0 bridgehead atoms. The first-order chi connectivity index (χ1) is 13.0. The van der Waals surface area contributed by atoms with E-state index in [0.717, 1.165) is 12.0 Å². The molecule has 0 fully saturated rings. The average Bonchev–Trinajstić information content (AvgIpc) is 2.95. The van der Waals surface area contributed by atoms with Gasteiger partial charge < -0.3 is 5.11 Å². The topological polar surface area (TPSA) is 127 Å². The number of nitrogens with one attached hydrogen (secondary N) is 1. The second kappa shape index (κ2) is 8.37. The van der Waals surface area contributed by atoms with Crippen molar-refractivity contribution in [2.45, 2.75) is 11.8 Å². The highest BCUT2D eigenvalue weighted by molar-refractivity contribution is 7.94. The van der Waals surface area contributed by atoms with Crippen LogP contribution in [0.1, 0.15) is 5.69 Å². The van der Waals surface area contributed by atoms with Crippen LogP contribution in [0.2, 0.25) is 5.02 Å². The zero-order chi connectivity index (χ0) is 19.4. The number of H-pyrrole nitrogens is 1. The lowest BCUT2D eigenvalue weighted by Gasteiger charge is -2.03. The molecule has 27 heavy (non-hydrogen) atoms. The standard InChI is InChI=1S/C16H14ClN5O4S/c1-9-15(20-19-13-7-10(17)5-6-14(13)23)16(24)22(21-9)11-3-2-4-12(8-11)27-26-25-18/h2-8,21,23H,18H2,1H3. The second-order valence-corrected chi connectivity index (χ2v) is 6.51. The van der Waals surface area contributed by atoms with Gasteiger partial charge in [-0.25, -0.2) is 4.68 Å². The Hall–Kier alpha value is -2.63. The van der Waals surface area contributed by atoms with Gasteiger partial charge in [0.2, 0.25) is 0 Å². The Labute approximate surface area is 162 Å². The molecule has 3 aromatic rings. The largest absolute Gasteiger partial charge is 0.506 e. The van der Waals surface area contributed by atoms with E-state index in [1.165, 1.54) is 22.9 Å². The van der Waals surface area contributed by atoms with Gasteiger partial charge in [-0.3, -0.25) is 9.89 Å². The first-order valence-corrected chi connectivity index (χ1v) is 8.64. The van der Waals surface area contributed by atoms with Crippen molar-refractivity contribution in [3.63, 3.8) is 0 Å². The van der Waals surface area contributed by atoms with Crippen LogP contribution in [0.15, 0.2) is 62.4 Å². The number of hydrogen-bond acceptors (Lipinski definition) is 8. The number of phenols is 1. The first-order valence-electron chi connectivity index (χ1n) is 7.52. The van der Waals surface area contributed by atoms with Gasteiger partial charge >= 0.3 is 0 Å². The number of nitrogens with two attached hydrogens (primary N) is 1. The minimum atomic E-state index is -0.407. The molecule has 0 aliphatic heterocycles. The lowest BCUT2D eigenvalue weighted by Crippen LogP contribution is -2.14. The van der Waals surface area contributed by atoms with Crippen molar-refractivity contribution in [3.8, 4) is 11.4 Å². The molecule has 0 unspecified atom stereocenters. The van der Waals surface area contributed by atoms with Crippen LogP contribution in [0.3, 0.4) is 0 Å². The molecule has 140 valence electrons. The van der Waals surface area contributed by atoms with Gasteiger partial charge in [0.25, 0.3) is 5.56 Å². The van der Waals surface area contributed by atoms with Crippen molar-refractivity contribution in [2.24, 2.45) is 16.1 Å². The Kier molecular flexibility index (Phi) is 5.94. The maximum absolute atomic E-state index is 12.7. The summed E-state index contributed by atoms with van der Waals surface area (Å²) in [6, 6.07) is 11.3. The number of hydrogen-bond donors (Lipinski definition) is 3. The number of aryl methyl sites for hydroxylation is 1. The highest BCUT2D eigenvalue weighted by Gasteiger charge is 2.13. The minimum absolute atomic E-state index is 0.0940. The SMILES string of the molecule is Cc1[nH]n(-c2cccc(SOON)c2)c(=O)c1N=Nc1cc(Cl)ccc1O. The normalized spacial score (nSPS) is 11.4. The quantitative estimate of drug-likeness (QED) is 0.244. The molecular formula is C16H14ClN5O4S. The van der Waals surface area contributed by atoms with Gasteiger partial charge in [0, 0.05) is 9.92 Å². The number of phenolic OH excluding ortho intramolecular Hbond substituents is 1. The van der Waals surface area contributed by atoms with Crippen molar-refractivity contribution in [1.82, 2.24) is 9.78 Å². The first kappa shape index (κ1) is 19.1. The molecule has 2 aromatic carbocycles. The van der Waals surface area contributed by atoms with E-state index >= 15 is 0 Å². The van der Waals surface area contributed by atoms with Crippen molar-refractivity contribution >= 4 is 35.0 Å². The van der Waals surface area contributed by atoms with E-state index in [1.54, 1.807) is 31.2 Å². The minimum Gasteiger partial charge on any atom is -0.506 e. The molecule has 0 aliphatic carbocycles. The lowest BCUT2D eigenvalue weighted by molar-refractivity contribution is -0.195. The van der Waals surface area contributed by atoms with Gasteiger partial charge in [0.15, 0.2) is 5.69 Å². The summed E-state index contributed by atoms with van der Waals surface area (Å²) in [6.45, 7) is 1.69. The van der Waals surface area contributed by atoms with Crippen LogP contribution in [0.25, 0.3) is 5.69 Å². The number of nitrogens with zero attached hydrogens (tertiary/aromatic N) is 3. The van der Waals surface area contributed by atoms with Crippen molar-refractivity contribution in [1.29, 1.82) is 0 Å². The molecular weight excluding hydrogens is 394 g/mol. The van der Waals surface area contributed by atoms with E-state index in [9.17, 15) is 9.90 Å². The molecule has 11 heteroatoms. The van der Waals surface area contributed by atoms with Gasteiger partial charge in [0.1, 0.15) is 11.4 Å².